The maximum absolute atomic E-state index is 12.3. The fraction of sp³-hybridized carbons (Fsp3) is 0.222. The maximum atomic E-state index is 12.3. The smallest absolute Gasteiger partial charge is 0.303 e. The van der Waals surface area contributed by atoms with Crippen molar-refractivity contribution in [1.29, 1.82) is 0 Å². The van der Waals surface area contributed by atoms with Crippen LogP contribution in [0.3, 0.4) is 0 Å². The number of amides is 1. The zero-order valence-electron chi connectivity index (χ0n) is 12.8. The van der Waals surface area contributed by atoms with Crippen LogP contribution in [0.1, 0.15) is 35.2 Å². The van der Waals surface area contributed by atoms with Gasteiger partial charge in [-0.25, -0.2) is 0 Å². The highest BCUT2D eigenvalue weighted by molar-refractivity contribution is 6.04. The first-order chi connectivity index (χ1) is 11.1. The van der Waals surface area contributed by atoms with Gasteiger partial charge in [-0.2, -0.15) is 0 Å². The number of anilines is 2. The summed E-state index contributed by atoms with van der Waals surface area (Å²) in [4.78, 5) is 22.8. The fourth-order valence-corrected chi connectivity index (χ4v) is 2.32. The van der Waals surface area contributed by atoms with E-state index >= 15 is 0 Å². The molecule has 0 fully saturated rings. The predicted molar refractivity (Wildman–Crippen MR) is 90.4 cm³/mol. The molecule has 0 unspecified atom stereocenters. The van der Waals surface area contributed by atoms with E-state index < -0.39 is 5.97 Å². The molecule has 23 heavy (non-hydrogen) atoms. The molecule has 0 aromatic heterocycles. The molecule has 1 amide bonds. The number of carboxylic acid groups (broad SMARTS) is 1. The lowest BCUT2D eigenvalue weighted by molar-refractivity contribution is -0.137. The van der Waals surface area contributed by atoms with Crippen molar-refractivity contribution in [3.63, 3.8) is 0 Å². The van der Waals surface area contributed by atoms with Crippen molar-refractivity contribution in [2.75, 3.05) is 11.1 Å². The average molecular weight is 312 g/mol. The third-order valence-electron chi connectivity index (χ3n) is 3.50. The number of rotatable bonds is 7. The fourth-order valence-electron chi connectivity index (χ4n) is 2.32. The van der Waals surface area contributed by atoms with Crippen LogP contribution in [0.25, 0.3) is 0 Å². The lowest BCUT2D eigenvalue weighted by Crippen LogP contribution is -2.13. The summed E-state index contributed by atoms with van der Waals surface area (Å²) in [6, 6.07) is 14.3. The molecule has 0 aliphatic heterocycles. The molecule has 0 heterocycles. The van der Waals surface area contributed by atoms with E-state index in [1.165, 1.54) is 0 Å². The van der Waals surface area contributed by atoms with Crippen LogP contribution in [0.15, 0.2) is 48.5 Å². The van der Waals surface area contributed by atoms with E-state index in [0.717, 1.165) is 12.0 Å². The van der Waals surface area contributed by atoms with Crippen molar-refractivity contribution in [1.82, 2.24) is 0 Å². The Hall–Kier alpha value is -2.82. The number of nitrogen functional groups attached to an aromatic ring is 1. The molecule has 0 saturated carbocycles. The molecule has 5 nitrogen and oxygen atoms in total. The molecule has 0 radical (unpaired) electrons. The highest BCUT2D eigenvalue weighted by atomic mass is 16.4. The number of carbonyl (C=O) groups is 2. The number of nitrogens with two attached hydrogens (primary N) is 1. The van der Waals surface area contributed by atoms with E-state index in [1.54, 1.807) is 24.3 Å². The summed E-state index contributed by atoms with van der Waals surface area (Å²) >= 11 is 0. The summed E-state index contributed by atoms with van der Waals surface area (Å²) in [5.41, 5.74) is 8.65. The number of hydrogen-bond acceptors (Lipinski definition) is 3. The van der Waals surface area contributed by atoms with Gasteiger partial charge >= 0.3 is 5.97 Å². The van der Waals surface area contributed by atoms with Gasteiger partial charge in [0.1, 0.15) is 0 Å². The van der Waals surface area contributed by atoms with Crippen molar-refractivity contribution < 1.29 is 14.7 Å². The molecule has 120 valence electrons. The zero-order valence-corrected chi connectivity index (χ0v) is 12.8. The molecule has 2 rings (SSSR count). The van der Waals surface area contributed by atoms with Crippen molar-refractivity contribution in [2.24, 2.45) is 0 Å². The predicted octanol–water partition coefficient (Wildman–Crippen LogP) is 3.32. The van der Waals surface area contributed by atoms with Crippen LogP contribution in [0, 0.1) is 0 Å². The van der Waals surface area contributed by atoms with Crippen LogP contribution in [-0.2, 0) is 11.2 Å². The maximum Gasteiger partial charge on any atom is 0.303 e. The summed E-state index contributed by atoms with van der Waals surface area (Å²) in [5.74, 6) is -0.975. The van der Waals surface area contributed by atoms with Gasteiger partial charge in [-0.15, -0.1) is 0 Å². The highest BCUT2D eigenvalue weighted by Gasteiger charge is 2.09. The number of aryl methyl sites for hydroxylation is 1. The number of carboxylic acids is 1. The van der Waals surface area contributed by atoms with Gasteiger partial charge in [0.15, 0.2) is 0 Å². The van der Waals surface area contributed by atoms with Crippen LogP contribution < -0.4 is 11.1 Å². The van der Waals surface area contributed by atoms with E-state index in [1.807, 2.05) is 24.3 Å². The van der Waals surface area contributed by atoms with Gasteiger partial charge in [0, 0.05) is 23.4 Å². The van der Waals surface area contributed by atoms with Gasteiger partial charge in [-0.05, 0) is 55.2 Å². The minimum Gasteiger partial charge on any atom is -0.481 e. The quantitative estimate of drug-likeness (QED) is 0.540. The van der Waals surface area contributed by atoms with Crippen molar-refractivity contribution in [3.8, 4) is 0 Å². The Morgan fingerprint density at radius 2 is 1.78 bits per heavy atom. The van der Waals surface area contributed by atoms with Crippen molar-refractivity contribution >= 4 is 23.3 Å². The Kier molecular flexibility index (Phi) is 5.74. The molecule has 2 aromatic rings. The molecule has 0 bridgehead atoms. The summed E-state index contributed by atoms with van der Waals surface area (Å²) in [6.45, 7) is 0. The topological polar surface area (TPSA) is 92.4 Å². The third kappa shape index (κ3) is 5.14. The highest BCUT2D eigenvalue weighted by Crippen LogP contribution is 2.22. The molecule has 5 heteroatoms. The molecule has 0 spiro atoms. The number of aliphatic carboxylic acids is 1. The largest absolute Gasteiger partial charge is 0.481 e. The average Bonchev–Trinajstić information content (AvgIpc) is 2.54. The van der Waals surface area contributed by atoms with Crippen LogP contribution >= 0.6 is 0 Å². The second-order valence-electron chi connectivity index (χ2n) is 5.34. The van der Waals surface area contributed by atoms with Crippen LogP contribution in [0.4, 0.5) is 11.4 Å². The first-order valence-electron chi connectivity index (χ1n) is 7.53. The first-order valence-corrected chi connectivity index (χ1v) is 7.53. The summed E-state index contributed by atoms with van der Waals surface area (Å²) < 4.78 is 0. The lowest BCUT2D eigenvalue weighted by Gasteiger charge is -2.12. The third-order valence-corrected chi connectivity index (χ3v) is 3.50. The molecule has 0 saturated heterocycles. The Morgan fingerprint density at radius 1 is 1.04 bits per heavy atom. The van der Waals surface area contributed by atoms with E-state index in [0.29, 0.717) is 29.8 Å². The normalized spacial score (nSPS) is 10.3. The van der Waals surface area contributed by atoms with Gasteiger partial charge in [-0.1, -0.05) is 18.2 Å². The summed E-state index contributed by atoms with van der Waals surface area (Å²) in [7, 11) is 0. The van der Waals surface area contributed by atoms with E-state index in [2.05, 4.69) is 5.32 Å². The molecule has 0 atom stereocenters. The van der Waals surface area contributed by atoms with Crippen molar-refractivity contribution in [2.45, 2.75) is 25.7 Å². The number of carbonyl (C=O) groups excluding carboxylic acids is 1. The minimum absolute atomic E-state index is 0.147. The Labute approximate surface area is 135 Å². The number of hydrogen-bond donors (Lipinski definition) is 3. The SMILES string of the molecule is Nc1ccc(NC(=O)c2ccccc2)c(CCCCC(=O)O)c1. The monoisotopic (exact) mass is 312 g/mol. The summed E-state index contributed by atoms with van der Waals surface area (Å²) in [6.07, 6.45) is 2.14. The molecule has 0 aliphatic rings. The molecule has 4 N–H and O–H groups in total. The lowest BCUT2D eigenvalue weighted by atomic mass is 10.0. The molecular formula is C18H20N2O3. The second-order valence-corrected chi connectivity index (χ2v) is 5.34. The van der Waals surface area contributed by atoms with E-state index in [9.17, 15) is 9.59 Å². The van der Waals surface area contributed by atoms with Gasteiger partial charge in [0.05, 0.1) is 0 Å². The van der Waals surface area contributed by atoms with Crippen LogP contribution in [0.5, 0.6) is 0 Å². The first kappa shape index (κ1) is 16.5. The summed E-state index contributed by atoms with van der Waals surface area (Å²) in [5, 5.41) is 11.6. The Morgan fingerprint density at radius 3 is 2.48 bits per heavy atom. The molecular weight excluding hydrogens is 292 g/mol. The van der Waals surface area contributed by atoms with Crippen LogP contribution in [-0.4, -0.2) is 17.0 Å². The Bertz CT molecular complexity index is 684. The zero-order chi connectivity index (χ0) is 16.7. The van der Waals surface area contributed by atoms with E-state index in [4.69, 9.17) is 10.8 Å². The number of unbranched alkanes of at least 4 members (excludes halogenated alkanes) is 1. The Balaban J connectivity index is 2.06. The molecule has 2 aromatic carbocycles. The minimum atomic E-state index is -0.796. The standard InChI is InChI=1S/C18H20N2O3/c19-15-10-11-16(14(12-15)8-4-5-9-17(21)22)20-18(23)13-6-2-1-3-7-13/h1-3,6-7,10-12H,4-5,8-9,19H2,(H,20,23)(H,21,22). The van der Waals surface area contributed by atoms with Crippen molar-refractivity contribution in [3.05, 3.63) is 59.7 Å². The van der Waals surface area contributed by atoms with Gasteiger partial charge in [0.25, 0.3) is 5.91 Å². The van der Waals surface area contributed by atoms with E-state index in [-0.39, 0.29) is 12.3 Å². The second kappa shape index (κ2) is 7.98. The number of benzene rings is 2. The van der Waals surface area contributed by atoms with Gasteiger partial charge in [0.2, 0.25) is 0 Å². The van der Waals surface area contributed by atoms with Gasteiger partial charge in [-0.3, -0.25) is 9.59 Å². The number of nitrogens with one attached hydrogen (secondary N) is 1. The molecule has 0 aliphatic carbocycles. The van der Waals surface area contributed by atoms with Gasteiger partial charge < -0.3 is 16.2 Å². The van der Waals surface area contributed by atoms with Crippen LogP contribution in [0.2, 0.25) is 0 Å².